The summed E-state index contributed by atoms with van der Waals surface area (Å²) in [5.74, 6) is -0.751. The van der Waals surface area contributed by atoms with Gasteiger partial charge in [-0.05, 0) is 37.9 Å². The lowest BCUT2D eigenvalue weighted by atomic mass is 9.98. The molecule has 2 aromatic heterocycles. The summed E-state index contributed by atoms with van der Waals surface area (Å²) in [5, 5.41) is 22.1. The monoisotopic (exact) mass is 306 g/mol. The van der Waals surface area contributed by atoms with Gasteiger partial charge in [0.1, 0.15) is 5.54 Å². The van der Waals surface area contributed by atoms with Crippen molar-refractivity contribution in [2.45, 2.75) is 42.1 Å². The molecule has 21 heavy (non-hydrogen) atoms. The van der Waals surface area contributed by atoms with E-state index in [0.29, 0.717) is 19.4 Å². The van der Waals surface area contributed by atoms with Crippen LogP contribution in [-0.2, 0) is 4.79 Å². The zero-order chi connectivity index (χ0) is 14.9. The van der Waals surface area contributed by atoms with Crippen LogP contribution in [-0.4, -0.2) is 43.0 Å². The summed E-state index contributed by atoms with van der Waals surface area (Å²) >= 11 is 1.62. The van der Waals surface area contributed by atoms with E-state index in [1.165, 1.54) is 0 Å². The number of hydrogen-bond donors (Lipinski definition) is 2. The summed E-state index contributed by atoms with van der Waals surface area (Å²) in [6.45, 7) is 2.61. The molecule has 0 aromatic carbocycles. The summed E-state index contributed by atoms with van der Waals surface area (Å²) in [7, 11) is 0. The van der Waals surface area contributed by atoms with Gasteiger partial charge in [-0.25, -0.2) is 0 Å². The van der Waals surface area contributed by atoms with Gasteiger partial charge in [-0.3, -0.25) is 9.20 Å². The SMILES string of the molecule is CCNC1(C(=O)O)CCC(Sc2nnc3ccccn23)C1. The molecule has 6 nitrogen and oxygen atoms in total. The average molecular weight is 306 g/mol. The first kappa shape index (κ1) is 14.3. The van der Waals surface area contributed by atoms with Crippen LogP contribution in [0.5, 0.6) is 0 Å². The largest absolute Gasteiger partial charge is 0.480 e. The van der Waals surface area contributed by atoms with Crippen LogP contribution in [0.3, 0.4) is 0 Å². The van der Waals surface area contributed by atoms with Crippen LogP contribution in [0.15, 0.2) is 29.6 Å². The number of fused-ring (bicyclic) bond motifs is 1. The lowest BCUT2D eigenvalue weighted by Crippen LogP contribution is -2.50. The van der Waals surface area contributed by atoms with Crippen molar-refractivity contribution in [2.75, 3.05) is 6.54 Å². The Hall–Kier alpha value is -1.60. The van der Waals surface area contributed by atoms with Crippen LogP contribution in [0.4, 0.5) is 0 Å². The number of carboxylic acid groups (broad SMARTS) is 1. The minimum atomic E-state index is -0.785. The molecule has 2 heterocycles. The molecule has 2 atom stereocenters. The number of carboxylic acids is 1. The Kier molecular flexibility index (Phi) is 3.86. The van der Waals surface area contributed by atoms with Crippen molar-refractivity contribution in [1.82, 2.24) is 19.9 Å². The van der Waals surface area contributed by atoms with E-state index in [4.69, 9.17) is 0 Å². The summed E-state index contributed by atoms with van der Waals surface area (Å²) in [5.41, 5.74) is 0.0292. The average Bonchev–Trinajstić information content (AvgIpc) is 3.06. The predicted octanol–water partition coefficient (Wildman–Crippen LogP) is 1.81. The molecule has 1 fully saturated rings. The Bertz CT molecular complexity index is 659. The molecule has 3 rings (SSSR count). The molecule has 0 amide bonds. The third kappa shape index (κ3) is 2.63. The van der Waals surface area contributed by atoms with Crippen LogP contribution >= 0.6 is 11.8 Å². The Morgan fingerprint density at radius 3 is 3.19 bits per heavy atom. The predicted molar refractivity (Wildman–Crippen MR) is 80.5 cm³/mol. The minimum absolute atomic E-state index is 0.243. The highest BCUT2D eigenvalue weighted by Crippen LogP contribution is 2.39. The molecule has 0 radical (unpaired) electrons. The number of nitrogens with one attached hydrogen (secondary N) is 1. The van der Waals surface area contributed by atoms with Crippen LogP contribution in [0.1, 0.15) is 26.2 Å². The maximum atomic E-state index is 11.6. The molecule has 2 aromatic rings. The van der Waals surface area contributed by atoms with E-state index in [9.17, 15) is 9.90 Å². The second kappa shape index (κ2) is 5.65. The lowest BCUT2D eigenvalue weighted by Gasteiger charge is -2.25. The van der Waals surface area contributed by atoms with Gasteiger partial charge in [-0.2, -0.15) is 0 Å². The minimum Gasteiger partial charge on any atom is -0.480 e. The molecule has 1 aliphatic rings. The van der Waals surface area contributed by atoms with Gasteiger partial charge in [-0.15, -0.1) is 10.2 Å². The smallest absolute Gasteiger partial charge is 0.323 e. The van der Waals surface area contributed by atoms with E-state index in [0.717, 1.165) is 17.2 Å². The fraction of sp³-hybridized carbons (Fsp3) is 0.500. The van der Waals surface area contributed by atoms with Gasteiger partial charge in [0.15, 0.2) is 10.8 Å². The molecule has 7 heteroatoms. The number of rotatable bonds is 5. The van der Waals surface area contributed by atoms with Gasteiger partial charge < -0.3 is 10.4 Å². The van der Waals surface area contributed by atoms with Gasteiger partial charge in [0.05, 0.1) is 0 Å². The Morgan fingerprint density at radius 2 is 2.43 bits per heavy atom. The molecular weight excluding hydrogens is 288 g/mol. The number of aliphatic carboxylic acids is 1. The molecule has 0 spiro atoms. The Morgan fingerprint density at radius 1 is 1.57 bits per heavy atom. The Balaban J connectivity index is 1.76. The number of aromatic nitrogens is 3. The number of nitrogens with zero attached hydrogens (tertiary/aromatic N) is 3. The molecular formula is C14H18N4O2S. The van der Waals surface area contributed by atoms with Crippen molar-refractivity contribution < 1.29 is 9.90 Å². The summed E-state index contributed by atoms with van der Waals surface area (Å²) in [4.78, 5) is 11.6. The van der Waals surface area contributed by atoms with Crippen molar-refractivity contribution in [2.24, 2.45) is 0 Å². The number of likely N-dealkylation sites (N-methyl/N-ethyl adjacent to an activating group) is 1. The van der Waals surface area contributed by atoms with Crippen molar-refractivity contribution in [3.63, 3.8) is 0 Å². The zero-order valence-electron chi connectivity index (χ0n) is 11.8. The number of carbonyl (C=O) groups is 1. The van der Waals surface area contributed by atoms with Gasteiger partial charge >= 0.3 is 5.97 Å². The first-order valence-electron chi connectivity index (χ1n) is 7.09. The van der Waals surface area contributed by atoms with Gasteiger partial charge in [-0.1, -0.05) is 24.8 Å². The van der Waals surface area contributed by atoms with Crippen molar-refractivity contribution >= 4 is 23.4 Å². The normalized spacial score (nSPS) is 25.5. The third-order valence-electron chi connectivity index (χ3n) is 3.95. The maximum Gasteiger partial charge on any atom is 0.323 e. The highest BCUT2D eigenvalue weighted by Gasteiger charge is 2.45. The van der Waals surface area contributed by atoms with E-state index in [1.807, 2.05) is 35.7 Å². The fourth-order valence-corrected chi connectivity index (χ4v) is 4.18. The first-order valence-corrected chi connectivity index (χ1v) is 7.97. The second-order valence-electron chi connectivity index (χ2n) is 5.31. The van der Waals surface area contributed by atoms with Crippen LogP contribution < -0.4 is 5.32 Å². The van der Waals surface area contributed by atoms with E-state index in [1.54, 1.807) is 11.8 Å². The molecule has 2 N–H and O–H groups in total. The van der Waals surface area contributed by atoms with E-state index in [2.05, 4.69) is 15.5 Å². The molecule has 1 saturated carbocycles. The number of hydrogen-bond acceptors (Lipinski definition) is 5. The molecule has 2 unspecified atom stereocenters. The third-order valence-corrected chi connectivity index (χ3v) is 5.17. The van der Waals surface area contributed by atoms with Crippen LogP contribution in [0.2, 0.25) is 0 Å². The molecule has 0 saturated heterocycles. The Labute approximate surface area is 126 Å². The fourth-order valence-electron chi connectivity index (χ4n) is 2.92. The molecule has 112 valence electrons. The second-order valence-corrected chi connectivity index (χ2v) is 6.58. The number of thioether (sulfide) groups is 1. The van der Waals surface area contributed by atoms with Gasteiger partial charge in [0, 0.05) is 11.4 Å². The van der Waals surface area contributed by atoms with Crippen molar-refractivity contribution in [1.29, 1.82) is 0 Å². The van der Waals surface area contributed by atoms with Crippen molar-refractivity contribution in [3.8, 4) is 0 Å². The van der Waals surface area contributed by atoms with Gasteiger partial charge in [0.2, 0.25) is 0 Å². The highest BCUT2D eigenvalue weighted by atomic mass is 32.2. The van der Waals surface area contributed by atoms with Gasteiger partial charge in [0.25, 0.3) is 0 Å². The van der Waals surface area contributed by atoms with Crippen LogP contribution in [0, 0.1) is 0 Å². The summed E-state index contributed by atoms with van der Waals surface area (Å²) in [6.07, 6.45) is 4.07. The van der Waals surface area contributed by atoms with Crippen molar-refractivity contribution in [3.05, 3.63) is 24.4 Å². The molecule has 0 bridgehead atoms. The summed E-state index contributed by atoms with van der Waals surface area (Å²) in [6, 6.07) is 5.77. The van der Waals surface area contributed by atoms with E-state index in [-0.39, 0.29) is 5.25 Å². The number of pyridine rings is 1. The maximum absolute atomic E-state index is 11.6. The van der Waals surface area contributed by atoms with E-state index < -0.39 is 11.5 Å². The quantitative estimate of drug-likeness (QED) is 0.877. The summed E-state index contributed by atoms with van der Waals surface area (Å²) < 4.78 is 1.94. The van der Waals surface area contributed by atoms with Crippen LogP contribution in [0.25, 0.3) is 5.65 Å². The molecule has 1 aliphatic carbocycles. The molecule has 0 aliphatic heterocycles. The first-order chi connectivity index (χ1) is 10.1. The standard InChI is InChI=1S/C14H18N4O2S/c1-2-15-14(12(19)20)7-6-10(9-14)21-13-17-16-11-5-3-4-8-18(11)13/h3-5,8,10,15H,2,6-7,9H2,1H3,(H,19,20). The lowest BCUT2D eigenvalue weighted by molar-refractivity contribution is -0.144. The topological polar surface area (TPSA) is 79.5 Å². The van der Waals surface area contributed by atoms with E-state index >= 15 is 0 Å². The highest BCUT2D eigenvalue weighted by molar-refractivity contribution is 7.99. The zero-order valence-corrected chi connectivity index (χ0v) is 12.6.